The summed E-state index contributed by atoms with van der Waals surface area (Å²) in [7, 11) is 0. The Labute approximate surface area is 161 Å². The summed E-state index contributed by atoms with van der Waals surface area (Å²) in [5.74, 6) is 0.741. The highest BCUT2D eigenvalue weighted by atomic mass is 32.1. The van der Waals surface area contributed by atoms with E-state index in [-0.39, 0.29) is 5.75 Å². The number of benzene rings is 1. The van der Waals surface area contributed by atoms with Gasteiger partial charge in [0.25, 0.3) is 0 Å². The molecule has 27 heavy (non-hydrogen) atoms. The number of nitrogens with one attached hydrogen (secondary N) is 1. The van der Waals surface area contributed by atoms with Crippen molar-refractivity contribution < 1.29 is 5.11 Å². The van der Waals surface area contributed by atoms with Gasteiger partial charge in [0.1, 0.15) is 22.8 Å². The molecule has 2 aromatic heterocycles. The number of nitrogens with zero attached hydrogens (tertiary/aromatic N) is 6. The lowest BCUT2D eigenvalue weighted by Gasteiger charge is -2.18. The SMILES string of the molecule is CC(C)NC1CCN(c2ncc(-c3ccc(-c4ncns4)cc3O)nn2)C1. The summed E-state index contributed by atoms with van der Waals surface area (Å²) in [5, 5.41) is 23.2. The van der Waals surface area contributed by atoms with Crippen LogP contribution in [-0.2, 0) is 0 Å². The molecule has 140 valence electrons. The molecule has 8 nitrogen and oxygen atoms in total. The van der Waals surface area contributed by atoms with Crippen LogP contribution in [0.1, 0.15) is 20.3 Å². The highest BCUT2D eigenvalue weighted by molar-refractivity contribution is 7.09. The Kier molecular flexibility index (Phi) is 4.95. The minimum atomic E-state index is 0.119. The van der Waals surface area contributed by atoms with Gasteiger partial charge in [0.15, 0.2) is 0 Å². The number of phenols is 1. The third-order valence-corrected chi connectivity index (χ3v) is 5.19. The van der Waals surface area contributed by atoms with Gasteiger partial charge in [0.05, 0.1) is 6.20 Å². The van der Waals surface area contributed by atoms with Crippen LogP contribution in [-0.4, -0.2) is 54.8 Å². The van der Waals surface area contributed by atoms with Crippen LogP contribution >= 0.6 is 11.5 Å². The first-order valence-electron chi connectivity index (χ1n) is 8.91. The molecule has 0 radical (unpaired) electrons. The summed E-state index contributed by atoms with van der Waals surface area (Å²) < 4.78 is 3.98. The standard InChI is InChI=1S/C18H21N7OS/c1-11(2)22-13-5-6-25(9-13)18-19-8-15(23-24-18)14-4-3-12(7-16(14)26)17-20-10-21-27-17/h3-4,7-8,10-11,13,22,26H,5-6,9H2,1-2H3. The lowest BCUT2D eigenvalue weighted by Crippen LogP contribution is -2.37. The Morgan fingerprint density at radius 3 is 2.81 bits per heavy atom. The van der Waals surface area contributed by atoms with Crippen LogP contribution in [0.4, 0.5) is 5.95 Å². The molecule has 1 saturated heterocycles. The fourth-order valence-electron chi connectivity index (χ4n) is 3.27. The third kappa shape index (κ3) is 3.88. The molecule has 9 heteroatoms. The van der Waals surface area contributed by atoms with Crippen molar-refractivity contribution in [2.45, 2.75) is 32.4 Å². The van der Waals surface area contributed by atoms with E-state index < -0.39 is 0 Å². The summed E-state index contributed by atoms with van der Waals surface area (Å²) in [4.78, 5) is 10.7. The predicted octanol–water partition coefficient (Wildman–Crippen LogP) is 2.34. The minimum Gasteiger partial charge on any atom is -0.507 e. The monoisotopic (exact) mass is 383 g/mol. The van der Waals surface area contributed by atoms with Gasteiger partial charge in [-0.25, -0.2) is 9.97 Å². The van der Waals surface area contributed by atoms with Crippen LogP contribution in [0, 0.1) is 0 Å². The lowest BCUT2D eigenvalue weighted by atomic mass is 10.1. The topological polar surface area (TPSA) is 100.0 Å². The van der Waals surface area contributed by atoms with Gasteiger partial charge < -0.3 is 15.3 Å². The second-order valence-electron chi connectivity index (χ2n) is 6.87. The molecular formula is C18H21N7OS. The molecule has 1 aliphatic heterocycles. The van der Waals surface area contributed by atoms with Gasteiger partial charge in [-0.15, -0.1) is 10.2 Å². The molecule has 0 amide bonds. The Morgan fingerprint density at radius 1 is 1.26 bits per heavy atom. The zero-order valence-corrected chi connectivity index (χ0v) is 16.0. The Hall–Kier alpha value is -2.65. The van der Waals surface area contributed by atoms with Gasteiger partial charge in [-0.2, -0.15) is 4.37 Å². The van der Waals surface area contributed by atoms with Crippen molar-refractivity contribution in [3.63, 3.8) is 0 Å². The molecule has 1 fully saturated rings. The van der Waals surface area contributed by atoms with Gasteiger partial charge in [0, 0.05) is 36.3 Å². The molecule has 0 spiro atoms. The van der Waals surface area contributed by atoms with E-state index in [2.05, 4.69) is 48.6 Å². The molecule has 3 aromatic rings. The summed E-state index contributed by atoms with van der Waals surface area (Å²) in [6.07, 6.45) is 4.22. The summed E-state index contributed by atoms with van der Waals surface area (Å²) in [6.45, 7) is 6.09. The number of aromatic hydroxyl groups is 1. The van der Waals surface area contributed by atoms with Crippen LogP contribution in [0.15, 0.2) is 30.7 Å². The van der Waals surface area contributed by atoms with Crippen LogP contribution in [0.5, 0.6) is 5.75 Å². The van der Waals surface area contributed by atoms with E-state index in [1.807, 2.05) is 6.07 Å². The van der Waals surface area contributed by atoms with E-state index >= 15 is 0 Å². The lowest BCUT2D eigenvalue weighted by molar-refractivity contribution is 0.477. The Bertz CT molecular complexity index is 899. The minimum absolute atomic E-state index is 0.119. The van der Waals surface area contributed by atoms with Gasteiger partial charge in [-0.3, -0.25) is 0 Å². The highest BCUT2D eigenvalue weighted by Gasteiger charge is 2.25. The van der Waals surface area contributed by atoms with Crippen molar-refractivity contribution in [1.82, 2.24) is 29.9 Å². The molecule has 1 aliphatic rings. The predicted molar refractivity (Wildman–Crippen MR) is 105 cm³/mol. The number of rotatable bonds is 5. The maximum Gasteiger partial charge on any atom is 0.245 e. The third-order valence-electron chi connectivity index (χ3n) is 4.47. The maximum absolute atomic E-state index is 10.4. The Balaban J connectivity index is 1.49. The molecule has 3 heterocycles. The number of phenolic OH excluding ortho intramolecular Hbond substituents is 1. The smallest absolute Gasteiger partial charge is 0.245 e. The first-order valence-corrected chi connectivity index (χ1v) is 9.68. The largest absolute Gasteiger partial charge is 0.507 e. The number of hydrogen-bond acceptors (Lipinski definition) is 9. The summed E-state index contributed by atoms with van der Waals surface area (Å²) in [5.41, 5.74) is 1.95. The number of anilines is 1. The van der Waals surface area contributed by atoms with E-state index in [1.165, 1.54) is 17.9 Å². The molecule has 0 bridgehead atoms. The van der Waals surface area contributed by atoms with Crippen LogP contribution < -0.4 is 10.2 Å². The number of aromatic nitrogens is 5. The van der Waals surface area contributed by atoms with Crippen LogP contribution in [0.3, 0.4) is 0 Å². The molecule has 0 saturated carbocycles. The highest BCUT2D eigenvalue weighted by Crippen LogP contribution is 2.32. The second-order valence-corrected chi connectivity index (χ2v) is 7.65. The van der Waals surface area contributed by atoms with Crippen molar-refractivity contribution in [3.8, 4) is 27.6 Å². The van der Waals surface area contributed by atoms with E-state index in [0.29, 0.717) is 29.3 Å². The van der Waals surface area contributed by atoms with Crippen molar-refractivity contribution in [2.75, 3.05) is 18.0 Å². The van der Waals surface area contributed by atoms with Crippen LogP contribution in [0.2, 0.25) is 0 Å². The summed E-state index contributed by atoms with van der Waals surface area (Å²) >= 11 is 1.28. The van der Waals surface area contributed by atoms with Gasteiger partial charge >= 0.3 is 0 Å². The zero-order chi connectivity index (χ0) is 18.8. The first kappa shape index (κ1) is 17.7. The number of hydrogen-bond donors (Lipinski definition) is 2. The maximum atomic E-state index is 10.4. The zero-order valence-electron chi connectivity index (χ0n) is 15.2. The average Bonchev–Trinajstić information content (AvgIpc) is 3.33. The van der Waals surface area contributed by atoms with Crippen molar-refractivity contribution in [1.29, 1.82) is 0 Å². The molecular weight excluding hydrogens is 362 g/mol. The second kappa shape index (κ2) is 7.53. The fraction of sp³-hybridized carbons (Fsp3) is 0.389. The van der Waals surface area contributed by atoms with E-state index in [9.17, 15) is 5.11 Å². The van der Waals surface area contributed by atoms with E-state index in [0.717, 1.165) is 30.1 Å². The van der Waals surface area contributed by atoms with Gasteiger partial charge in [-0.05, 0) is 30.1 Å². The molecule has 0 aliphatic carbocycles. The van der Waals surface area contributed by atoms with E-state index in [4.69, 9.17) is 0 Å². The molecule has 1 atom stereocenters. The van der Waals surface area contributed by atoms with E-state index in [1.54, 1.807) is 18.3 Å². The van der Waals surface area contributed by atoms with Gasteiger partial charge in [0.2, 0.25) is 5.95 Å². The van der Waals surface area contributed by atoms with Crippen LogP contribution in [0.25, 0.3) is 21.8 Å². The molecule has 1 aromatic carbocycles. The molecule has 2 N–H and O–H groups in total. The van der Waals surface area contributed by atoms with Crippen molar-refractivity contribution >= 4 is 17.5 Å². The fourth-order valence-corrected chi connectivity index (χ4v) is 3.79. The Morgan fingerprint density at radius 2 is 2.15 bits per heavy atom. The molecule has 1 unspecified atom stereocenters. The first-order chi connectivity index (χ1) is 13.1. The normalized spacial score (nSPS) is 17.0. The van der Waals surface area contributed by atoms with Gasteiger partial charge in [-0.1, -0.05) is 19.9 Å². The quantitative estimate of drug-likeness (QED) is 0.692. The summed E-state index contributed by atoms with van der Waals surface area (Å²) in [6, 6.07) is 6.25. The molecule has 4 rings (SSSR count). The van der Waals surface area contributed by atoms with Crippen molar-refractivity contribution in [3.05, 3.63) is 30.7 Å². The average molecular weight is 383 g/mol. The van der Waals surface area contributed by atoms with Crippen molar-refractivity contribution in [2.24, 2.45) is 0 Å².